The van der Waals surface area contributed by atoms with Gasteiger partial charge in [-0.2, -0.15) is 0 Å². The molecule has 3 rings (SSSR count). The van der Waals surface area contributed by atoms with Crippen LogP contribution in [0.5, 0.6) is 11.5 Å². The summed E-state index contributed by atoms with van der Waals surface area (Å²) in [4.78, 5) is 24.7. The number of nitrogens with one attached hydrogen (secondary N) is 1. The van der Waals surface area contributed by atoms with E-state index >= 15 is 0 Å². The SMILES string of the molecule is Cc1c(Cl)cccc1NC(=O)COC(=O)CSc1ccc2c(c1)OCCO2. The number of esters is 1. The number of benzene rings is 2. The molecule has 0 bridgehead atoms. The van der Waals surface area contributed by atoms with Crippen molar-refractivity contribution in [3.63, 3.8) is 0 Å². The van der Waals surface area contributed by atoms with Gasteiger partial charge >= 0.3 is 5.97 Å². The Morgan fingerprint density at radius 1 is 1.19 bits per heavy atom. The van der Waals surface area contributed by atoms with Crippen LogP contribution >= 0.6 is 23.4 Å². The normalized spacial score (nSPS) is 12.4. The first-order valence-electron chi connectivity index (χ1n) is 8.26. The molecule has 0 aliphatic carbocycles. The zero-order chi connectivity index (χ0) is 19.2. The molecule has 0 saturated heterocycles. The third-order valence-electron chi connectivity index (χ3n) is 3.78. The lowest BCUT2D eigenvalue weighted by atomic mass is 10.2. The zero-order valence-corrected chi connectivity index (χ0v) is 16.2. The van der Waals surface area contributed by atoms with Crippen LogP contribution in [-0.2, 0) is 14.3 Å². The van der Waals surface area contributed by atoms with Gasteiger partial charge in [0.2, 0.25) is 0 Å². The number of amides is 1. The molecular weight excluding hydrogens is 390 g/mol. The molecule has 0 unspecified atom stereocenters. The summed E-state index contributed by atoms with van der Waals surface area (Å²) in [7, 11) is 0. The van der Waals surface area contributed by atoms with E-state index < -0.39 is 11.9 Å². The Hall–Kier alpha value is -2.38. The van der Waals surface area contributed by atoms with Gasteiger partial charge in [-0.1, -0.05) is 17.7 Å². The average molecular weight is 408 g/mol. The van der Waals surface area contributed by atoms with Crippen molar-refractivity contribution in [3.8, 4) is 11.5 Å². The number of anilines is 1. The number of hydrogen-bond donors (Lipinski definition) is 1. The molecule has 1 aliphatic rings. The summed E-state index contributed by atoms with van der Waals surface area (Å²) >= 11 is 7.31. The molecular formula is C19H18ClNO5S. The molecule has 0 aromatic heterocycles. The van der Waals surface area contributed by atoms with Crippen LogP contribution in [0.1, 0.15) is 5.56 Å². The van der Waals surface area contributed by atoms with Crippen LogP contribution in [-0.4, -0.2) is 37.4 Å². The van der Waals surface area contributed by atoms with Crippen LogP contribution in [0.2, 0.25) is 5.02 Å². The minimum Gasteiger partial charge on any atom is -0.486 e. The Kier molecular flexibility index (Phi) is 6.47. The molecule has 1 amide bonds. The van der Waals surface area contributed by atoms with Crippen molar-refractivity contribution >= 4 is 40.9 Å². The molecule has 0 spiro atoms. The maximum Gasteiger partial charge on any atom is 0.316 e. The van der Waals surface area contributed by atoms with Crippen LogP contribution in [0.25, 0.3) is 0 Å². The molecule has 142 valence electrons. The van der Waals surface area contributed by atoms with E-state index in [1.807, 2.05) is 18.2 Å². The van der Waals surface area contributed by atoms with Gasteiger partial charge in [0.25, 0.3) is 5.91 Å². The second kappa shape index (κ2) is 9.01. The zero-order valence-electron chi connectivity index (χ0n) is 14.6. The molecule has 2 aromatic carbocycles. The van der Waals surface area contributed by atoms with Gasteiger partial charge in [0.05, 0.1) is 5.75 Å². The van der Waals surface area contributed by atoms with Crippen molar-refractivity contribution in [1.29, 1.82) is 0 Å². The van der Waals surface area contributed by atoms with Crippen LogP contribution < -0.4 is 14.8 Å². The Labute approximate surface area is 166 Å². The number of rotatable bonds is 6. The lowest BCUT2D eigenvalue weighted by molar-refractivity contribution is -0.144. The fourth-order valence-corrected chi connectivity index (χ4v) is 3.27. The molecule has 8 heteroatoms. The van der Waals surface area contributed by atoms with E-state index in [1.54, 1.807) is 25.1 Å². The van der Waals surface area contributed by atoms with Gasteiger partial charge in [-0.15, -0.1) is 11.8 Å². The van der Waals surface area contributed by atoms with Gasteiger partial charge in [0.1, 0.15) is 13.2 Å². The molecule has 1 N–H and O–H groups in total. The van der Waals surface area contributed by atoms with E-state index in [0.29, 0.717) is 35.4 Å². The summed E-state index contributed by atoms with van der Waals surface area (Å²) in [6.07, 6.45) is 0. The summed E-state index contributed by atoms with van der Waals surface area (Å²) in [6, 6.07) is 10.7. The summed E-state index contributed by atoms with van der Waals surface area (Å²) in [5.41, 5.74) is 1.35. The van der Waals surface area contributed by atoms with E-state index in [1.165, 1.54) is 11.8 Å². The molecule has 0 radical (unpaired) electrons. The first-order chi connectivity index (χ1) is 13.0. The number of thioether (sulfide) groups is 1. The Balaban J connectivity index is 1.44. The molecule has 0 atom stereocenters. The standard InChI is InChI=1S/C19H18ClNO5S/c1-12-14(20)3-2-4-15(12)21-18(22)10-26-19(23)11-27-13-5-6-16-17(9-13)25-8-7-24-16/h2-6,9H,7-8,10-11H2,1H3,(H,21,22). The lowest BCUT2D eigenvalue weighted by Gasteiger charge is -2.18. The Morgan fingerprint density at radius 3 is 2.78 bits per heavy atom. The second-order valence-electron chi connectivity index (χ2n) is 5.72. The molecule has 6 nitrogen and oxygen atoms in total. The highest BCUT2D eigenvalue weighted by Crippen LogP contribution is 2.34. The monoisotopic (exact) mass is 407 g/mol. The maximum absolute atomic E-state index is 11.9. The molecule has 0 saturated carbocycles. The average Bonchev–Trinajstić information content (AvgIpc) is 2.68. The molecule has 1 heterocycles. The van der Waals surface area contributed by atoms with Crippen molar-refractivity contribution in [1.82, 2.24) is 0 Å². The van der Waals surface area contributed by atoms with E-state index in [4.69, 9.17) is 25.8 Å². The van der Waals surface area contributed by atoms with E-state index in [9.17, 15) is 9.59 Å². The predicted octanol–water partition coefficient (Wildman–Crippen LogP) is 3.69. The Morgan fingerprint density at radius 2 is 1.96 bits per heavy atom. The van der Waals surface area contributed by atoms with Crippen molar-refractivity contribution in [2.24, 2.45) is 0 Å². The van der Waals surface area contributed by atoms with Gasteiger partial charge in [0, 0.05) is 15.6 Å². The highest BCUT2D eigenvalue weighted by molar-refractivity contribution is 8.00. The second-order valence-corrected chi connectivity index (χ2v) is 7.17. The van der Waals surface area contributed by atoms with Crippen LogP contribution in [0.15, 0.2) is 41.3 Å². The van der Waals surface area contributed by atoms with E-state index in [-0.39, 0.29) is 12.4 Å². The van der Waals surface area contributed by atoms with E-state index in [2.05, 4.69) is 5.32 Å². The molecule has 1 aliphatic heterocycles. The smallest absolute Gasteiger partial charge is 0.316 e. The van der Waals surface area contributed by atoms with Crippen LogP contribution in [0.3, 0.4) is 0 Å². The van der Waals surface area contributed by atoms with Gasteiger partial charge < -0.3 is 19.5 Å². The summed E-state index contributed by atoms with van der Waals surface area (Å²) < 4.78 is 16.0. The number of carbonyl (C=O) groups excluding carboxylic acids is 2. The third-order valence-corrected chi connectivity index (χ3v) is 5.15. The van der Waals surface area contributed by atoms with E-state index in [0.717, 1.165) is 10.5 Å². The van der Waals surface area contributed by atoms with Crippen molar-refractivity contribution in [2.75, 3.05) is 30.9 Å². The number of ether oxygens (including phenoxy) is 3. The first-order valence-corrected chi connectivity index (χ1v) is 9.62. The lowest BCUT2D eigenvalue weighted by Crippen LogP contribution is -2.22. The Bertz CT molecular complexity index is 858. The number of fused-ring (bicyclic) bond motifs is 1. The predicted molar refractivity (Wildman–Crippen MR) is 104 cm³/mol. The van der Waals surface area contributed by atoms with Crippen LogP contribution in [0.4, 0.5) is 5.69 Å². The maximum atomic E-state index is 11.9. The van der Waals surface area contributed by atoms with Crippen molar-refractivity contribution in [2.45, 2.75) is 11.8 Å². The number of hydrogen-bond acceptors (Lipinski definition) is 6. The third kappa shape index (κ3) is 5.30. The topological polar surface area (TPSA) is 73.9 Å². The molecule has 27 heavy (non-hydrogen) atoms. The minimum absolute atomic E-state index is 0.0864. The molecule has 0 fully saturated rings. The van der Waals surface area contributed by atoms with Gasteiger partial charge in [-0.05, 0) is 42.8 Å². The highest BCUT2D eigenvalue weighted by atomic mass is 35.5. The largest absolute Gasteiger partial charge is 0.486 e. The van der Waals surface area contributed by atoms with Crippen LogP contribution in [0, 0.1) is 6.92 Å². The number of halogens is 1. The fraction of sp³-hybridized carbons (Fsp3) is 0.263. The van der Waals surface area contributed by atoms with Gasteiger partial charge in [-0.25, -0.2) is 0 Å². The minimum atomic E-state index is -0.479. The van der Waals surface area contributed by atoms with Crippen molar-refractivity contribution < 1.29 is 23.8 Å². The highest BCUT2D eigenvalue weighted by Gasteiger charge is 2.14. The van der Waals surface area contributed by atoms with Gasteiger partial charge in [0.15, 0.2) is 18.1 Å². The first kappa shape index (κ1) is 19.4. The molecule has 2 aromatic rings. The quantitative estimate of drug-likeness (QED) is 0.581. The number of carbonyl (C=O) groups is 2. The fourth-order valence-electron chi connectivity index (χ4n) is 2.37. The summed E-state index contributed by atoms with van der Waals surface area (Å²) in [6.45, 7) is 2.48. The summed E-state index contributed by atoms with van der Waals surface area (Å²) in [5.74, 6) is 0.547. The van der Waals surface area contributed by atoms with Crippen molar-refractivity contribution in [3.05, 3.63) is 47.0 Å². The van der Waals surface area contributed by atoms with Gasteiger partial charge in [-0.3, -0.25) is 9.59 Å². The summed E-state index contributed by atoms with van der Waals surface area (Å²) in [5, 5.41) is 3.23.